The molecule has 3 rings (SSSR count). The molecule has 0 bridgehead atoms. The monoisotopic (exact) mass is 313 g/mol. The molecule has 3 nitrogen and oxygen atoms in total. The van der Waals surface area contributed by atoms with Gasteiger partial charge in [-0.3, -0.25) is 4.90 Å². The van der Waals surface area contributed by atoms with Gasteiger partial charge in [0.25, 0.3) is 0 Å². The fourth-order valence-corrected chi connectivity index (χ4v) is 4.48. The number of hydrogen-bond donors (Lipinski definition) is 0. The third-order valence-corrected chi connectivity index (χ3v) is 5.57. The van der Waals surface area contributed by atoms with E-state index in [1.54, 1.807) is 0 Å². The van der Waals surface area contributed by atoms with Gasteiger partial charge >= 0.3 is 0 Å². The van der Waals surface area contributed by atoms with Gasteiger partial charge in [-0.15, -0.1) is 0 Å². The summed E-state index contributed by atoms with van der Waals surface area (Å²) in [5.74, 6) is 1.19. The highest BCUT2D eigenvalue weighted by Crippen LogP contribution is 2.25. The van der Waals surface area contributed by atoms with Crippen molar-refractivity contribution in [2.45, 2.75) is 38.0 Å². The van der Waals surface area contributed by atoms with Crippen LogP contribution in [0.5, 0.6) is 0 Å². The Hall–Kier alpha value is -1.44. The zero-order chi connectivity index (χ0) is 15.4. The molecule has 1 unspecified atom stereocenters. The standard InChI is InChI=1S/C18H23N3S/c1-2-22-16-7-3-5-9-20(14-16)12-15-13-21-10-6-4-8-18(21)17(15)11-19/h4,6,8,10,13,16H,2-3,5,7,9,12,14H2,1H3. The molecule has 1 aliphatic heterocycles. The van der Waals surface area contributed by atoms with E-state index >= 15 is 0 Å². The predicted octanol–water partition coefficient (Wildman–Crippen LogP) is 3.92. The highest BCUT2D eigenvalue weighted by molar-refractivity contribution is 7.99. The minimum atomic E-state index is 0.745. The summed E-state index contributed by atoms with van der Waals surface area (Å²) in [6.07, 6.45) is 8.09. The zero-order valence-corrected chi connectivity index (χ0v) is 14.0. The van der Waals surface area contributed by atoms with Crippen molar-refractivity contribution in [2.75, 3.05) is 18.8 Å². The van der Waals surface area contributed by atoms with Crippen LogP contribution in [0.3, 0.4) is 0 Å². The Bertz CT molecular complexity index is 671. The summed E-state index contributed by atoms with van der Waals surface area (Å²) in [4.78, 5) is 2.54. The molecular formula is C18H23N3S. The first-order chi connectivity index (χ1) is 10.8. The molecule has 2 aromatic rings. The van der Waals surface area contributed by atoms with Crippen molar-refractivity contribution in [3.63, 3.8) is 0 Å². The fraction of sp³-hybridized carbons (Fsp3) is 0.500. The summed E-state index contributed by atoms with van der Waals surface area (Å²) in [5.41, 5.74) is 3.02. The molecule has 1 fully saturated rings. The van der Waals surface area contributed by atoms with Crippen molar-refractivity contribution in [1.29, 1.82) is 5.26 Å². The average molecular weight is 313 g/mol. The third-order valence-electron chi connectivity index (χ3n) is 4.38. The van der Waals surface area contributed by atoms with Crippen LogP contribution in [0.1, 0.15) is 37.3 Å². The Labute approximate surface area is 136 Å². The first-order valence-corrected chi connectivity index (χ1v) is 9.19. The second-order valence-electron chi connectivity index (χ2n) is 5.94. The predicted molar refractivity (Wildman–Crippen MR) is 93.2 cm³/mol. The maximum atomic E-state index is 9.54. The maximum Gasteiger partial charge on any atom is 0.102 e. The number of rotatable bonds is 4. The lowest BCUT2D eigenvalue weighted by atomic mass is 10.1. The van der Waals surface area contributed by atoms with Crippen LogP contribution in [0.2, 0.25) is 0 Å². The molecule has 4 heteroatoms. The Morgan fingerprint density at radius 2 is 2.27 bits per heavy atom. The van der Waals surface area contributed by atoms with Crippen LogP contribution in [0.4, 0.5) is 0 Å². The second kappa shape index (κ2) is 7.21. The molecule has 0 spiro atoms. The maximum absolute atomic E-state index is 9.54. The molecule has 0 radical (unpaired) electrons. The molecule has 0 N–H and O–H groups in total. The molecule has 0 aromatic carbocycles. The number of thioether (sulfide) groups is 1. The van der Waals surface area contributed by atoms with Gasteiger partial charge in [-0.2, -0.15) is 17.0 Å². The Balaban J connectivity index is 1.81. The Morgan fingerprint density at radius 3 is 3.09 bits per heavy atom. The van der Waals surface area contributed by atoms with Crippen molar-refractivity contribution in [3.05, 3.63) is 41.7 Å². The van der Waals surface area contributed by atoms with Crippen LogP contribution in [0.25, 0.3) is 5.52 Å². The van der Waals surface area contributed by atoms with E-state index in [1.165, 1.54) is 25.0 Å². The molecule has 2 aromatic heterocycles. The van der Waals surface area contributed by atoms with E-state index in [2.05, 4.69) is 40.3 Å². The topological polar surface area (TPSA) is 31.4 Å². The molecule has 3 heterocycles. The van der Waals surface area contributed by atoms with Crippen LogP contribution in [0, 0.1) is 11.3 Å². The number of fused-ring (bicyclic) bond motifs is 1. The smallest absolute Gasteiger partial charge is 0.102 e. The van der Waals surface area contributed by atoms with Crippen molar-refractivity contribution in [1.82, 2.24) is 9.30 Å². The van der Waals surface area contributed by atoms with Gasteiger partial charge in [-0.1, -0.05) is 19.4 Å². The number of nitriles is 1. The fourth-order valence-electron chi connectivity index (χ4n) is 3.36. The average Bonchev–Trinajstić information content (AvgIpc) is 2.72. The van der Waals surface area contributed by atoms with Crippen molar-refractivity contribution in [3.8, 4) is 6.07 Å². The van der Waals surface area contributed by atoms with E-state index in [-0.39, 0.29) is 0 Å². The van der Waals surface area contributed by atoms with Crippen LogP contribution in [0.15, 0.2) is 30.6 Å². The summed E-state index contributed by atoms with van der Waals surface area (Å²) in [7, 11) is 0. The van der Waals surface area contributed by atoms with Gasteiger partial charge in [-0.05, 0) is 37.3 Å². The summed E-state index contributed by atoms with van der Waals surface area (Å²) >= 11 is 2.08. The molecular weight excluding hydrogens is 290 g/mol. The van der Waals surface area contributed by atoms with Gasteiger partial charge < -0.3 is 4.40 Å². The minimum Gasteiger partial charge on any atom is -0.322 e. The van der Waals surface area contributed by atoms with Gasteiger partial charge in [0, 0.05) is 36.3 Å². The van der Waals surface area contributed by atoms with E-state index in [1.807, 2.05) is 24.4 Å². The summed E-state index contributed by atoms with van der Waals surface area (Å²) < 4.78 is 2.07. The van der Waals surface area contributed by atoms with Crippen LogP contribution >= 0.6 is 11.8 Å². The van der Waals surface area contributed by atoms with E-state index in [0.717, 1.165) is 41.5 Å². The molecule has 1 saturated heterocycles. The highest BCUT2D eigenvalue weighted by Gasteiger charge is 2.20. The molecule has 0 saturated carbocycles. The van der Waals surface area contributed by atoms with Crippen LogP contribution in [-0.2, 0) is 6.54 Å². The summed E-state index contributed by atoms with van der Waals surface area (Å²) in [5, 5.41) is 10.3. The summed E-state index contributed by atoms with van der Waals surface area (Å²) in [6.45, 7) is 5.44. The minimum absolute atomic E-state index is 0.745. The largest absolute Gasteiger partial charge is 0.322 e. The number of hydrogen-bond acceptors (Lipinski definition) is 3. The Kier molecular flexibility index (Phi) is 5.07. The van der Waals surface area contributed by atoms with Gasteiger partial charge in [0.1, 0.15) is 6.07 Å². The molecule has 0 aliphatic carbocycles. The number of pyridine rings is 1. The molecule has 0 amide bonds. The lowest BCUT2D eigenvalue weighted by molar-refractivity contribution is 0.279. The number of nitrogens with zero attached hydrogens (tertiary/aromatic N) is 3. The SMILES string of the molecule is CCSC1CCCCN(Cc2cn3ccccc3c2C#N)C1. The lowest BCUT2D eigenvalue weighted by Gasteiger charge is -2.23. The summed E-state index contributed by atoms with van der Waals surface area (Å²) in [6, 6.07) is 8.45. The van der Waals surface area contributed by atoms with Crippen molar-refractivity contribution < 1.29 is 0 Å². The van der Waals surface area contributed by atoms with Crippen molar-refractivity contribution >= 4 is 17.3 Å². The second-order valence-corrected chi connectivity index (χ2v) is 7.52. The first-order valence-electron chi connectivity index (χ1n) is 8.14. The Morgan fingerprint density at radius 1 is 1.36 bits per heavy atom. The van der Waals surface area contributed by atoms with Gasteiger partial charge in [0.15, 0.2) is 0 Å². The van der Waals surface area contributed by atoms with Crippen LogP contribution < -0.4 is 0 Å². The van der Waals surface area contributed by atoms with Crippen molar-refractivity contribution in [2.24, 2.45) is 0 Å². The number of aromatic nitrogens is 1. The van der Waals surface area contributed by atoms with Crippen LogP contribution in [-0.4, -0.2) is 33.4 Å². The lowest BCUT2D eigenvalue weighted by Crippen LogP contribution is -2.29. The van der Waals surface area contributed by atoms with E-state index in [9.17, 15) is 5.26 Å². The van der Waals surface area contributed by atoms with E-state index in [4.69, 9.17) is 0 Å². The third kappa shape index (κ3) is 3.31. The van der Waals surface area contributed by atoms with Gasteiger partial charge in [-0.25, -0.2) is 0 Å². The van der Waals surface area contributed by atoms with Gasteiger partial charge in [0.05, 0.1) is 11.1 Å². The first kappa shape index (κ1) is 15.5. The number of likely N-dealkylation sites (tertiary alicyclic amines) is 1. The quantitative estimate of drug-likeness (QED) is 0.857. The molecule has 1 atom stereocenters. The van der Waals surface area contributed by atoms with Gasteiger partial charge in [0.2, 0.25) is 0 Å². The molecule has 116 valence electrons. The molecule has 22 heavy (non-hydrogen) atoms. The normalized spacial score (nSPS) is 19.9. The molecule has 1 aliphatic rings. The van der Waals surface area contributed by atoms with E-state index in [0.29, 0.717) is 0 Å². The zero-order valence-electron chi connectivity index (χ0n) is 13.2. The van der Waals surface area contributed by atoms with E-state index < -0.39 is 0 Å². The highest BCUT2D eigenvalue weighted by atomic mass is 32.2.